The van der Waals surface area contributed by atoms with E-state index in [1.807, 2.05) is 0 Å². The second-order valence-electron chi connectivity index (χ2n) is 4.79. The molecular weight excluding hydrogens is 315 g/mol. The first-order valence-corrected chi connectivity index (χ1v) is 6.93. The van der Waals surface area contributed by atoms with Crippen molar-refractivity contribution in [2.24, 2.45) is 0 Å². The maximum atomic E-state index is 12.1. The van der Waals surface area contributed by atoms with Crippen molar-refractivity contribution in [1.82, 2.24) is 5.32 Å². The molecule has 5 nitrogen and oxygen atoms in total. The van der Waals surface area contributed by atoms with Crippen molar-refractivity contribution in [1.29, 1.82) is 0 Å². The maximum absolute atomic E-state index is 12.1. The van der Waals surface area contributed by atoms with Crippen molar-refractivity contribution in [2.45, 2.75) is 38.1 Å². The Kier molecular flexibility index (Phi) is 7.37. The van der Waals surface area contributed by atoms with Crippen LogP contribution in [0, 0.1) is 0 Å². The first-order valence-electron chi connectivity index (χ1n) is 6.93. The number of nitrogens with one attached hydrogen (secondary N) is 1. The quantitative estimate of drug-likeness (QED) is 0.778. The lowest BCUT2D eigenvalue weighted by Gasteiger charge is -2.16. The molecule has 1 aromatic carbocycles. The summed E-state index contributed by atoms with van der Waals surface area (Å²) in [6.07, 6.45) is -6.74. The van der Waals surface area contributed by atoms with Gasteiger partial charge in [-0.1, -0.05) is 30.3 Å². The molecule has 1 N–H and O–H groups in total. The van der Waals surface area contributed by atoms with Crippen molar-refractivity contribution in [2.75, 3.05) is 7.11 Å². The average Bonchev–Trinajstić information content (AvgIpc) is 2.51. The van der Waals surface area contributed by atoms with Gasteiger partial charge in [-0.05, 0) is 18.4 Å². The van der Waals surface area contributed by atoms with E-state index in [1.54, 1.807) is 30.3 Å². The van der Waals surface area contributed by atoms with E-state index in [0.29, 0.717) is 0 Å². The van der Waals surface area contributed by atoms with Crippen LogP contribution >= 0.6 is 0 Å². The maximum Gasteiger partial charge on any atom is 0.408 e. The summed E-state index contributed by atoms with van der Waals surface area (Å²) in [5.74, 6) is -0.816. The molecule has 0 aliphatic heterocycles. The molecule has 0 spiro atoms. The van der Waals surface area contributed by atoms with Gasteiger partial charge in [0, 0.05) is 6.42 Å². The van der Waals surface area contributed by atoms with Crippen molar-refractivity contribution in [3.8, 4) is 0 Å². The van der Waals surface area contributed by atoms with E-state index in [4.69, 9.17) is 4.74 Å². The van der Waals surface area contributed by atoms with Crippen LogP contribution in [0.4, 0.5) is 18.0 Å². The highest BCUT2D eigenvalue weighted by atomic mass is 19.4. The van der Waals surface area contributed by atoms with Gasteiger partial charge in [0.1, 0.15) is 12.6 Å². The van der Waals surface area contributed by atoms with Gasteiger partial charge in [-0.3, -0.25) is 0 Å². The number of rotatable bonds is 7. The molecule has 0 aliphatic carbocycles. The molecule has 1 amide bonds. The molecule has 0 aliphatic rings. The first-order chi connectivity index (χ1) is 10.8. The van der Waals surface area contributed by atoms with Crippen LogP contribution in [0.25, 0.3) is 0 Å². The van der Waals surface area contributed by atoms with Gasteiger partial charge in [-0.2, -0.15) is 13.2 Å². The third kappa shape index (κ3) is 8.08. The standard InChI is InChI=1S/C15H18F3NO4/c1-22-13(20)12(8-5-9-15(16,17)18)19-14(21)23-10-11-6-3-2-4-7-11/h2-4,6-7,12H,5,8-10H2,1H3,(H,19,21)/t12-/m0/s1. The van der Waals surface area contributed by atoms with Gasteiger partial charge in [0.25, 0.3) is 0 Å². The summed E-state index contributed by atoms with van der Waals surface area (Å²) in [7, 11) is 1.09. The molecule has 23 heavy (non-hydrogen) atoms. The van der Waals surface area contributed by atoms with Crippen LogP contribution in [-0.2, 0) is 20.9 Å². The predicted molar refractivity (Wildman–Crippen MR) is 75.5 cm³/mol. The van der Waals surface area contributed by atoms with Crippen molar-refractivity contribution in [3.63, 3.8) is 0 Å². The second kappa shape index (κ2) is 9.02. The highest BCUT2D eigenvalue weighted by Gasteiger charge is 2.29. The Morgan fingerprint density at radius 2 is 1.87 bits per heavy atom. The van der Waals surface area contributed by atoms with Crippen molar-refractivity contribution >= 4 is 12.1 Å². The minimum absolute atomic E-state index is 0.0108. The number of halogens is 3. The topological polar surface area (TPSA) is 64.6 Å². The van der Waals surface area contributed by atoms with E-state index in [0.717, 1.165) is 12.7 Å². The number of hydrogen-bond acceptors (Lipinski definition) is 4. The average molecular weight is 333 g/mol. The molecule has 0 unspecified atom stereocenters. The predicted octanol–water partition coefficient (Wildman–Crippen LogP) is 3.19. The van der Waals surface area contributed by atoms with E-state index >= 15 is 0 Å². The van der Waals surface area contributed by atoms with Crippen LogP contribution in [0.15, 0.2) is 30.3 Å². The zero-order valence-corrected chi connectivity index (χ0v) is 12.6. The van der Waals surface area contributed by atoms with Crippen LogP contribution in [0.2, 0.25) is 0 Å². The Morgan fingerprint density at radius 1 is 1.22 bits per heavy atom. The Balaban J connectivity index is 2.45. The lowest BCUT2D eigenvalue weighted by atomic mass is 10.1. The summed E-state index contributed by atoms with van der Waals surface area (Å²) in [5, 5.41) is 2.22. The van der Waals surface area contributed by atoms with Crippen LogP contribution in [0.5, 0.6) is 0 Å². The zero-order chi connectivity index (χ0) is 17.3. The Morgan fingerprint density at radius 3 is 2.43 bits per heavy atom. The van der Waals surface area contributed by atoms with E-state index in [-0.39, 0.29) is 19.4 Å². The third-order valence-electron chi connectivity index (χ3n) is 2.94. The summed E-state index contributed by atoms with van der Waals surface area (Å²) >= 11 is 0. The highest BCUT2D eigenvalue weighted by molar-refractivity contribution is 5.81. The lowest BCUT2D eigenvalue weighted by Crippen LogP contribution is -2.41. The number of hydrogen-bond donors (Lipinski definition) is 1. The minimum Gasteiger partial charge on any atom is -0.467 e. The smallest absolute Gasteiger partial charge is 0.408 e. The van der Waals surface area contributed by atoms with Crippen LogP contribution in [-0.4, -0.2) is 31.4 Å². The van der Waals surface area contributed by atoms with Gasteiger partial charge in [0.2, 0.25) is 0 Å². The van der Waals surface area contributed by atoms with Crippen molar-refractivity contribution < 1.29 is 32.2 Å². The number of amides is 1. The number of carbonyl (C=O) groups is 2. The monoisotopic (exact) mass is 333 g/mol. The largest absolute Gasteiger partial charge is 0.467 e. The lowest BCUT2D eigenvalue weighted by molar-refractivity contribution is -0.145. The number of methoxy groups -OCH3 is 1. The summed E-state index contributed by atoms with van der Waals surface area (Å²) < 4.78 is 45.8. The number of benzene rings is 1. The number of alkyl halides is 3. The molecule has 0 fully saturated rings. The Labute approximate surface area is 131 Å². The molecule has 1 rings (SSSR count). The van der Waals surface area contributed by atoms with E-state index in [9.17, 15) is 22.8 Å². The fourth-order valence-corrected chi connectivity index (χ4v) is 1.80. The molecule has 8 heteroatoms. The number of ether oxygens (including phenoxy) is 2. The normalized spacial score (nSPS) is 12.3. The highest BCUT2D eigenvalue weighted by Crippen LogP contribution is 2.22. The van der Waals surface area contributed by atoms with Gasteiger partial charge < -0.3 is 14.8 Å². The fourth-order valence-electron chi connectivity index (χ4n) is 1.80. The van der Waals surface area contributed by atoms with E-state index < -0.39 is 30.7 Å². The summed E-state index contributed by atoms with van der Waals surface area (Å²) in [5.41, 5.74) is 0.745. The van der Waals surface area contributed by atoms with Crippen LogP contribution in [0.1, 0.15) is 24.8 Å². The van der Waals surface area contributed by atoms with Crippen LogP contribution in [0.3, 0.4) is 0 Å². The minimum atomic E-state index is -4.31. The first kappa shape index (κ1) is 18.8. The molecule has 0 aromatic heterocycles. The molecule has 0 heterocycles. The number of carbonyl (C=O) groups excluding carboxylic acids is 2. The molecular formula is C15H18F3NO4. The van der Waals surface area contributed by atoms with Gasteiger partial charge in [0.05, 0.1) is 7.11 Å². The van der Waals surface area contributed by atoms with Gasteiger partial charge in [-0.15, -0.1) is 0 Å². The molecule has 0 radical (unpaired) electrons. The van der Waals surface area contributed by atoms with Crippen LogP contribution < -0.4 is 5.32 Å². The van der Waals surface area contributed by atoms with E-state index in [1.165, 1.54) is 0 Å². The zero-order valence-electron chi connectivity index (χ0n) is 12.6. The van der Waals surface area contributed by atoms with Gasteiger partial charge >= 0.3 is 18.2 Å². The molecule has 1 atom stereocenters. The molecule has 1 aromatic rings. The van der Waals surface area contributed by atoms with Gasteiger partial charge in [0.15, 0.2) is 0 Å². The van der Waals surface area contributed by atoms with E-state index in [2.05, 4.69) is 10.1 Å². The Bertz CT molecular complexity index is 505. The molecule has 0 saturated carbocycles. The molecule has 128 valence electrons. The summed E-state index contributed by atoms with van der Waals surface area (Å²) in [4.78, 5) is 23.1. The molecule has 0 saturated heterocycles. The Hall–Kier alpha value is -2.25. The second-order valence-corrected chi connectivity index (χ2v) is 4.79. The number of esters is 1. The van der Waals surface area contributed by atoms with Crippen molar-refractivity contribution in [3.05, 3.63) is 35.9 Å². The summed E-state index contributed by atoms with van der Waals surface area (Å²) in [6, 6.07) is 7.65. The molecule has 0 bridgehead atoms. The SMILES string of the molecule is COC(=O)[C@H](CCCC(F)(F)F)NC(=O)OCc1ccccc1. The number of alkyl carbamates (subject to hydrolysis) is 1. The summed E-state index contributed by atoms with van der Waals surface area (Å²) in [6.45, 7) is -0.0108. The fraction of sp³-hybridized carbons (Fsp3) is 0.467. The van der Waals surface area contributed by atoms with Gasteiger partial charge in [-0.25, -0.2) is 9.59 Å². The third-order valence-corrected chi connectivity index (χ3v) is 2.94.